The number of ketones is 1. The Bertz CT molecular complexity index is 713. The zero-order valence-corrected chi connectivity index (χ0v) is 15.9. The van der Waals surface area contributed by atoms with Crippen molar-refractivity contribution in [1.29, 1.82) is 0 Å². The van der Waals surface area contributed by atoms with Crippen LogP contribution >= 0.6 is 11.6 Å². The standard InChI is InChI=1S/C23H27ClO2/c24-22-16-23(26)21(12-9-17-5-2-1-3-6-17)20(22)11-10-18-7-4-8-19(15-18)13-14-25/h1-8,15,20-22,25H,9-14,16H2/t20-,21-,22?/m1/s1. The molecule has 2 aromatic rings. The molecule has 26 heavy (non-hydrogen) atoms. The van der Waals surface area contributed by atoms with Crippen LogP contribution in [0, 0.1) is 11.8 Å². The average molecular weight is 371 g/mol. The molecule has 0 aromatic heterocycles. The van der Waals surface area contributed by atoms with E-state index in [0.29, 0.717) is 18.6 Å². The number of rotatable bonds is 8. The highest BCUT2D eigenvalue weighted by molar-refractivity contribution is 6.23. The molecule has 0 radical (unpaired) electrons. The second-order valence-corrected chi connectivity index (χ2v) is 7.87. The highest BCUT2D eigenvalue weighted by Gasteiger charge is 2.40. The third-order valence-corrected chi connectivity index (χ3v) is 6.01. The van der Waals surface area contributed by atoms with Gasteiger partial charge in [-0.15, -0.1) is 11.6 Å². The van der Waals surface area contributed by atoms with E-state index < -0.39 is 0 Å². The summed E-state index contributed by atoms with van der Waals surface area (Å²) in [6.07, 6.45) is 4.90. The molecule has 0 saturated heterocycles. The first-order valence-electron chi connectivity index (χ1n) is 9.56. The highest BCUT2D eigenvalue weighted by Crippen LogP contribution is 2.38. The number of aryl methyl sites for hydroxylation is 2. The van der Waals surface area contributed by atoms with E-state index in [2.05, 4.69) is 24.3 Å². The minimum Gasteiger partial charge on any atom is -0.396 e. The minimum atomic E-state index is -0.0381. The van der Waals surface area contributed by atoms with Crippen molar-refractivity contribution in [1.82, 2.24) is 0 Å². The van der Waals surface area contributed by atoms with Crippen LogP contribution in [0.4, 0.5) is 0 Å². The zero-order valence-electron chi connectivity index (χ0n) is 15.1. The van der Waals surface area contributed by atoms with Crippen LogP contribution in [0.25, 0.3) is 0 Å². The Kier molecular flexibility index (Phi) is 6.87. The summed E-state index contributed by atoms with van der Waals surface area (Å²) in [6.45, 7) is 0.173. The summed E-state index contributed by atoms with van der Waals surface area (Å²) in [5, 5.41) is 9.07. The van der Waals surface area contributed by atoms with Crippen LogP contribution < -0.4 is 0 Å². The van der Waals surface area contributed by atoms with E-state index >= 15 is 0 Å². The molecule has 0 amide bonds. The molecule has 2 aromatic carbocycles. The largest absolute Gasteiger partial charge is 0.396 e. The third-order valence-electron chi connectivity index (χ3n) is 5.54. The van der Waals surface area contributed by atoms with Gasteiger partial charge >= 0.3 is 0 Å². The zero-order chi connectivity index (χ0) is 18.4. The van der Waals surface area contributed by atoms with Gasteiger partial charge in [0, 0.05) is 24.3 Å². The summed E-state index contributed by atoms with van der Waals surface area (Å²) in [6, 6.07) is 18.7. The first kappa shape index (κ1) is 19.1. The number of carbonyl (C=O) groups is 1. The van der Waals surface area contributed by atoms with Gasteiger partial charge in [-0.3, -0.25) is 4.79 Å². The average Bonchev–Trinajstić information content (AvgIpc) is 2.92. The molecule has 0 aliphatic heterocycles. The smallest absolute Gasteiger partial charge is 0.137 e. The van der Waals surface area contributed by atoms with Gasteiger partial charge in [0.15, 0.2) is 0 Å². The maximum Gasteiger partial charge on any atom is 0.137 e. The van der Waals surface area contributed by atoms with Crippen molar-refractivity contribution in [3.8, 4) is 0 Å². The quantitative estimate of drug-likeness (QED) is 0.689. The molecule has 138 valence electrons. The molecule has 3 heteroatoms. The molecular weight excluding hydrogens is 344 g/mol. The van der Waals surface area contributed by atoms with E-state index in [-0.39, 0.29) is 23.8 Å². The fraction of sp³-hybridized carbons (Fsp3) is 0.435. The van der Waals surface area contributed by atoms with Gasteiger partial charge in [0.25, 0.3) is 0 Å². The molecule has 1 aliphatic carbocycles. The molecule has 3 rings (SSSR count). The predicted molar refractivity (Wildman–Crippen MR) is 107 cm³/mol. The molecular formula is C23H27ClO2. The monoisotopic (exact) mass is 370 g/mol. The number of aliphatic hydroxyl groups excluding tert-OH is 1. The molecule has 0 spiro atoms. The Morgan fingerprint density at radius 2 is 1.54 bits per heavy atom. The molecule has 0 bridgehead atoms. The van der Waals surface area contributed by atoms with E-state index in [1.54, 1.807) is 0 Å². The van der Waals surface area contributed by atoms with Gasteiger partial charge in [-0.2, -0.15) is 0 Å². The van der Waals surface area contributed by atoms with Gasteiger partial charge < -0.3 is 5.11 Å². The lowest BCUT2D eigenvalue weighted by molar-refractivity contribution is -0.121. The normalized spacial score (nSPS) is 22.7. The number of carbonyl (C=O) groups excluding carboxylic acids is 1. The Labute approximate surface area is 161 Å². The van der Waals surface area contributed by atoms with E-state index in [1.807, 2.05) is 30.3 Å². The van der Waals surface area contributed by atoms with Gasteiger partial charge in [-0.05, 0) is 54.7 Å². The van der Waals surface area contributed by atoms with Crippen LogP contribution in [0.3, 0.4) is 0 Å². The summed E-state index contributed by atoms with van der Waals surface area (Å²) in [4.78, 5) is 12.5. The minimum absolute atomic E-state index is 0.0381. The van der Waals surface area contributed by atoms with Crippen molar-refractivity contribution in [2.75, 3.05) is 6.61 Å². The van der Waals surface area contributed by atoms with Crippen LogP contribution in [-0.2, 0) is 24.1 Å². The van der Waals surface area contributed by atoms with Crippen LogP contribution in [0.15, 0.2) is 54.6 Å². The van der Waals surface area contributed by atoms with E-state index in [4.69, 9.17) is 16.7 Å². The van der Waals surface area contributed by atoms with Crippen LogP contribution in [0.1, 0.15) is 36.0 Å². The summed E-state index contributed by atoms with van der Waals surface area (Å²) in [7, 11) is 0. The molecule has 1 unspecified atom stereocenters. The fourth-order valence-electron chi connectivity index (χ4n) is 4.11. The molecule has 3 atom stereocenters. The summed E-state index contributed by atoms with van der Waals surface area (Å²) >= 11 is 6.54. The number of benzene rings is 2. The highest BCUT2D eigenvalue weighted by atomic mass is 35.5. The fourth-order valence-corrected chi connectivity index (χ4v) is 4.57. The van der Waals surface area contributed by atoms with E-state index in [9.17, 15) is 4.79 Å². The molecule has 0 heterocycles. The number of aliphatic hydroxyl groups is 1. The van der Waals surface area contributed by atoms with Crippen molar-refractivity contribution in [3.05, 3.63) is 71.3 Å². The predicted octanol–water partition coefficient (Wildman–Crippen LogP) is 4.60. The van der Waals surface area contributed by atoms with E-state index in [0.717, 1.165) is 31.2 Å². The molecule has 2 nitrogen and oxygen atoms in total. The lowest BCUT2D eigenvalue weighted by Gasteiger charge is -2.21. The van der Waals surface area contributed by atoms with Crippen molar-refractivity contribution < 1.29 is 9.90 Å². The van der Waals surface area contributed by atoms with Gasteiger partial charge in [0.1, 0.15) is 5.78 Å². The maximum absolute atomic E-state index is 12.5. The number of hydrogen-bond donors (Lipinski definition) is 1. The second kappa shape index (κ2) is 9.34. The van der Waals surface area contributed by atoms with Crippen molar-refractivity contribution in [2.24, 2.45) is 11.8 Å². The SMILES string of the molecule is O=C1CC(Cl)[C@H](CCc2cccc(CCO)c2)[C@H]1CCc1ccccc1. The lowest BCUT2D eigenvalue weighted by atomic mass is 9.85. The Balaban J connectivity index is 1.61. The third kappa shape index (κ3) is 4.96. The van der Waals surface area contributed by atoms with E-state index in [1.165, 1.54) is 11.1 Å². The second-order valence-electron chi connectivity index (χ2n) is 7.31. The number of Topliss-reactive ketones (excluding diaryl/α,β-unsaturated/α-hetero) is 1. The van der Waals surface area contributed by atoms with Crippen molar-refractivity contribution in [3.63, 3.8) is 0 Å². The lowest BCUT2D eigenvalue weighted by Crippen LogP contribution is -2.19. The number of alkyl halides is 1. The molecule has 1 fully saturated rings. The number of halogens is 1. The molecule has 1 aliphatic rings. The van der Waals surface area contributed by atoms with Gasteiger partial charge in [0.05, 0.1) is 0 Å². The summed E-state index contributed by atoms with van der Waals surface area (Å²) < 4.78 is 0. The summed E-state index contributed by atoms with van der Waals surface area (Å²) in [5.74, 6) is 0.674. The maximum atomic E-state index is 12.5. The Morgan fingerprint density at radius 3 is 2.27 bits per heavy atom. The first-order chi connectivity index (χ1) is 12.7. The van der Waals surface area contributed by atoms with Gasteiger partial charge in [0.2, 0.25) is 0 Å². The number of hydrogen-bond acceptors (Lipinski definition) is 2. The van der Waals surface area contributed by atoms with Crippen LogP contribution in [-0.4, -0.2) is 22.9 Å². The molecule has 1 N–H and O–H groups in total. The Morgan fingerprint density at radius 1 is 0.885 bits per heavy atom. The first-order valence-corrected chi connectivity index (χ1v) is 10.0. The Hall–Kier alpha value is -1.64. The van der Waals surface area contributed by atoms with Crippen molar-refractivity contribution >= 4 is 17.4 Å². The topological polar surface area (TPSA) is 37.3 Å². The van der Waals surface area contributed by atoms with Crippen LogP contribution in [0.5, 0.6) is 0 Å². The van der Waals surface area contributed by atoms with Gasteiger partial charge in [-0.1, -0.05) is 54.6 Å². The summed E-state index contributed by atoms with van der Waals surface area (Å²) in [5.41, 5.74) is 3.71. The van der Waals surface area contributed by atoms with Crippen LogP contribution in [0.2, 0.25) is 0 Å². The molecule has 1 saturated carbocycles. The van der Waals surface area contributed by atoms with Gasteiger partial charge in [-0.25, -0.2) is 0 Å². The van der Waals surface area contributed by atoms with Crippen molar-refractivity contribution in [2.45, 2.75) is 43.9 Å².